The summed E-state index contributed by atoms with van der Waals surface area (Å²) in [5.74, 6) is -0.196. The van der Waals surface area contributed by atoms with E-state index in [0.29, 0.717) is 18.5 Å². The highest BCUT2D eigenvalue weighted by atomic mass is 35.5. The number of nitrogens with one attached hydrogen (secondary N) is 1. The Morgan fingerprint density at radius 3 is 2.75 bits per heavy atom. The number of halogens is 1. The van der Waals surface area contributed by atoms with Crippen LogP contribution in [0.2, 0.25) is 0 Å². The molecule has 88 valence electrons. The Morgan fingerprint density at radius 2 is 2.12 bits per heavy atom. The number of carbonyl (C=O) groups excluding carboxylic acids is 1. The van der Waals surface area contributed by atoms with E-state index in [4.69, 9.17) is 16.2 Å². The van der Waals surface area contributed by atoms with Gasteiger partial charge in [0.05, 0.1) is 5.88 Å². The fraction of sp³-hybridized carbons (Fsp3) is 0.300. The molecule has 0 bridgehead atoms. The van der Waals surface area contributed by atoms with Gasteiger partial charge in [0, 0.05) is 12.1 Å². The summed E-state index contributed by atoms with van der Waals surface area (Å²) in [6, 6.07) is 7.09. The number of ketones is 1. The van der Waals surface area contributed by atoms with Crippen LogP contribution in [0.3, 0.4) is 0 Å². The molecule has 1 unspecified atom stereocenters. The first-order chi connectivity index (χ1) is 7.65. The predicted molar refractivity (Wildman–Crippen MR) is 64.0 cm³/mol. The summed E-state index contributed by atoms with van der Waals surface area (Å²) in [6.45, 7) is 0.329. The van der Waals surface area contributed by atoms with Crippen LogP contribution in [0.15, 0.2) is 24.3 Å². The largest absolute Gasteiger partial charge is 0.294 e. The van der Waals surface area contributed by atoms with Crippen LogP contribution in [0.5, 0.6) is 0 Å². The minimum Gasteiger partial charge on any atom is -0.294 e. The second-order valence-electron chi connectivity index (χ2n) is 3.11. The highest BCUT2D eigenvalue weighted by Crippen LogP contribution is 2.10. The van der Waals surface area contributed by atoms with Gasteiger partial charge in [0.25, 0.3) is 0 Å². The lowest BCUT2D eigenvalue weighted by atomic mass is 10.0. The Morgan fingerprint density at radius 1 is 1.44 bits per heavy atom. The number of hydrogen-bond donors (Lipinski definition) is 2. The molecule has 4 nitrogen and oxygen atoms in total. The summed E-state index contributed by atoms with van der Waals surface area (Å²) < 4.78 is 21.3. The van der Waals surface area contributed by atoms with Gasteiger partial charge in [-0.3, -0.25) is 9.35 Å². The van der Waals surface area contributed by atoms with E-state index in [1.807, 2.05) is 12.1 Å². The van der Waals surface area contributed by atoms with E-state index in [0.717, 1.165) is 5.56 Å². The molecule has 2 N–H and O–H groups in total. The smallest absolute Gasteiger partial charge is 0.231 e. The molecule has 0 saturated heterocycles. The van der Waals surface area contributed by atoms with Gasteiger partial charge in [-0.15, -0.1) is 11.6 Å². The van der Waals surface area contributed by atoms with Crippen molar-refractivity contribution in [3.8, 4) is 0 Å². The van der Waals surface area contributed by atoms with Crippen molar-refractivity contribution in [3.63, 3.8) is 0 Å². The highest BCUT2D eigenvalue weighted by molar-refractivity contribution is 7.77. The van der Waals surface area contributed by atoms with Crippen molar-refractivity contribution in [2.45, 2.75) is 6.42 Å². The fourth-order valence-corrected chi connectivity index (χ4v) is 1.78. The standard InChI is InChI=1S/C10H12ClNO3S/c11-7-10(13)9-4-2-1-3-8(9)5-6-12-16(14)15/h1-4,12H,5-7H2,(H,14,15). The number of Topliss-reactive ketones (excluding diaryl/α,β-unsaturated/α-hetero) is 1. The van der Waals surface area contributed by atoms with E-state index in [1.165, 1.54) is 0 Å². The monoisotopic (exact) mass is 261 g/mol. The highest BCUT2D eigenvalue weighted by Gasteiger charge is 2.09. The Bertz CT molecular complexity index is 397. The molecular formula is C10H12ClNO3S. The van der Waals surface area contributed by atoms with E-state index >= 15 is 0 Å². The summed E-state index contributed by atoms with van der Waals surface area (Å²) in [4.78, 5) is 11.5. The quantitative estimate of drug-likeness (QED) is 0.462. The summed E-state index contributed by atoms with van der Waals surface area (Å²) in [6.07, 6.45) is 0.505. The molecule has 0 aliphatic carbocycles. The number of carbonyl (C=O) groups is 1. The van der Waals surface area contributed by atoms with Gasteiger partial charge in [0.1, 0.15) is 0 Å². The third-order valence-electron chi connectivity index (χ3n) is 2.06. The molecule has 0 aromatic heterocycles. The zero-order chi connectivity index (χ0) is 12.0. The fourth-order valence-electron chi connectivity index (χ4n) is 1.36. The van der Waals surface area contributed by atoms with Crippen LogP contribution in [0.4, 0.5) is 0 Å². The summed E-state index contributed by atoms with van der Waals surface area (Å²) in [5.41, 5.74) is 1.40. The first-order valence-electron chi connectivity index (χ1n) is 4.66. The molecule has 1 rings (SSSR count). The lowest BCUT2D eigenvalue weighted by molar-refractivity contribution is 0.102. The summed E-state index contributed by atoms with van der Waals surface area (Å²) >= 11 is 3.47. The van der Waals surface area contributed by atoms with Crippen molar-refractivity contribution in [3.05, 3.63) is 35.4 Å². The summed E-state index contributed by atoms with van der Waals surface area (Å²) in [7, 11) is 0. The van der Waals surface area contributed by atoms with Gasteiger partial charge < -0.3 is 0 Å². The number of hydrogen-bond acceptors (Lipinski definition) is 2. The first-order valence-corrected chi connectivity index (χ1v) is 6.30. The molecule has 16 heavy (non-hydrogen) atoms. The molecule has 1 atom stereocenters. The molecule has 0 aliphatic rings. The Labute approximate surface area is 101 Å². The summed E-state index contributed by atoms with van der Waals surface area (Å²) in [5, 5.41) is 0. The SMILES string of the molecule is O=C(CCl)c1ccccc1CCNS(=O)O. The van der Waals surface area contributed by atoms with Gasteiger partial charge in [-0.05, 0) is 12.0 Å². The molecule has 0 heterocycles. The van der Waals surface area contributed by atoms with Gasteiger partial charge in [-0.2, -0.15) is 0 Å². The predicted octanol–water partition coefficient (Wildman–Crippen LogP) is 1.38. The molecule has 1 aromatic carbocycles. The van der Waals surface area contributed by atoms with Crippen molar-refractivity contribution in [1.29, 1.82) is 0 Å². The lowest BCUT2D eigenvalue weighted by Crippen LogP contribution is -2.20. The zero-order valence-electron chi connectivity index (χ0n) is 8.48. The van der Waals surface area contributed by atoms with Crippen molar-refractivity contribution in [2.75, 3.05) is 12.4 Å². The molecule has 1 aromatic rings. The van der Waals surface area contributed by atoms with Gasteiger partial charge in [-0.1, -0.05) is 24.3 Å². The maximum atomic E-state index is 11.5. The number of alkyl halides is 1. The second kappa shape index (κ2) is 6.75. The van der Waals surface area contributed by atoms with Crippen LogP contribution in [0.1, 0.15) is 15.9 Å². The molecule has 0 spiro atoms. The van der Waals surface area contributed by atoms with Gasteiger partial charge in [-0.25, -0.2) is 8.93 Å². The maximum absolute atomic E-state index is 11.5. The third kappa shape index (κ3) is 4.02. The van der Waals surface area contributed by atoms with Crippen LogP contribution in [-0.2, 0) is 17.7 Å². The van der Waals surface area contributed by atoms with Crippen LogP contribution in [-0.4, -0.2) is 27.0 Å². The minimum absolute atomic E-state index is 0.0592. The van der Waals surface area contributed by atoms with E-state index < -0.39 is 11.3 Å². The van der Waals surface area contributed by atoms with Crippen molar-refractivity contribution >= 4 is 28.7 Å². The van der Waals surface area contributed by atoms with Gasteiger partial charge in [0.15, 0.2) is 5.78 Å². The van der Waals surface area contributed by atoms with E-state index in [1.54, 1.807) is 12.1 Å². The van der Waals surface area contributed by atoms with Crippen molar-refractivity contribution < 1.29 is 13.6 Å². The molecule has 0 saturated carbocycles. The Kier molecular flexibility index (Phi) is 5.62. The van der Waals surface area contributed by atoms with Crippen LogP contribution < -0.4 is 4.72 Å². The van der Waals surface area contributed by atoms with E-state index in [-0.39, 0.29) is 11.7 Å². The maximum Gasteiger partial charge on any atom is 0.231 e. The van der Waals surface area contributed by atoms with Crippen LogP contribution in [0, 0.1) is 0 Å². The average Bonchev–Trinajstić information content (AvgIpc) is 2.28. The average molecular weight is 262 g/mol. The van der Waals surface area contributed by atoms with E-state index in [2.05, 4.69) is 4.72 Å². The Hall–Kier alpha value is -0.750. The zero-order valence-corrected chi connectivity index (χ0v) is 10.1. The van der Waals surface area contributed by atoms with Crippen molar-refractivity contribution in [1.82, 2.24) is 4.72 Å². The normalized spacial score (nSPS) is 12.4. The Balaban J connectivity index is 2.71. The lowest BCUT2D eigenvalue weighted by Gasteiger charge is -2.06. The molecule has 0 radical (unpaired) electrons. The van der Waals surface area contributed by atoms with E-state index in [9.17, 15) is 9.00 Å². The number of benzene rings is 1. The third-order valence-corrected chi connectivity index (χ3v) is 2.75. The topological polar surface area (TPSA) is 66.4 Å². The number of rotatable bonds is 6. The second-order valence-corrected chi connectivity index (χ2v) is 4.16. The van der Waals surface area contributed by atoms with Crippen molar-refractivity contribution in [2.24, 2.45) is 0 Å². The van der Waals surface area contributed by atoms with Gasteiger partial charge in [0.2, 0.25) is 11.3 Å². The minimum atomic E-state index is -2.02. The molecular weight excluding hydrogens is 250 g/mol. The van der Waals surface area contributed by atoms with Gasteiger partial charge >= 0.3 is 0 Å². The molecule has 0 fully saturated rings. The molecule has 0 aliphatic heterocycles. The molecule has 6 heteroatoms. The first kappa shape index (κ1) is 13.3. The molecule has 0 amide bonds. The van der Waals surface area contributed by atoms with Crippen LogP contribution in [0.25, 0.3) is 0 Å². The van der Waals surface area contributed by atoms with Crippen LogP contribution >= 0.6 is 11.6 Å².